The summed E-state index contributed by atoms with van der Waals surface area (Å²) in [6.07, 6.45) is 3.93. The van der Waals surface area contributed by atoms with Crippen molar-refractivity contribution >= 4 is 39.7 Å². The van der Waals surface area contributed by atoms with Gasteiger partial charge in [0.1, 0.15) is 0 Å². The summed E-state index contributed by atoms with van der Waals surface area (Å²) in [6, 6.07) is 4.84. The van der Waals surface area contributed by atoms with E-state index in [-0.39, 0.29) is 5.92 Å². The highest BCUT2D eigenvalue weighted by Crippen LogP contribution is 2.49. The van der Waals surface area contributed by atoms with E-state index in [1.165, 1.54) is 17.8 Å². The molecule has 0 spiro atoms. The van der Waals surface area contributed by atoms with Gasteiger partial charge in [-0.3, -0.25) is 0 Å². The van der Waals surface area contributed by atoms with Crippen molar-refractivity contribution in [1.82, 2.24) is 8.75 Å². The number of alkyl halides is 3. The number of aromatic nitrogens is 2. The van der Waals surface area contributed by atoms with Crippen LogP contribution in [0.3, 0.4) is 0 Å². The molecule has 206 valence electrons. The van der Waals surface area contributed by atoms with Crippen molar-refractivity contribution in [1.29, 1.82) is 4.78 Å². The standard InChI is InChI=1S/C27H39F3N4S3/c1-6-11-13-19(8-3)16-20-14-15-21(17-22(20)27(28,29)30)24(12-7-2)35-26(10-5,18-32-36-31)25-23(9-4)33-37-34-25/h12,14-15,17,19,31H,6-11,13,16,18H2,1-5H3/b24-12-. The molecular weight excluding hydrogens is 534 g/mol. The van der Waals surface area contributed by atoms with Crippen molar-refractivity contribution in [3.63, 3.8) is 0 Å². The highest BCUT2D eigenvalue weighted by Gasteiger charge is 2.39. The summed E-state index contributed by atoms with van der Waals surface area (Å²) in [5, 5.41) is 0. The van der Waals surface area contributed by atoms with Gasteiger partial charge in [-0.2, -0.15) is 21.9 Å². The Kier molecular flexibility index (Phi) is 13.0. The summed E-state index contributed by atoms with van der Waals surface area (Å²) in [5.41, 5.74) is 2.09. The number of rotatable bonds is 15. The molecule has 1 N–H and O–H groups in total. The predicted octanol–water partition coefficient (Wildman–Crippen LogP) is 9.70. The number of allylic oxidation sites excluding steroid dienone is 1. The molecule has 10 heteroatoms. The Bertz CT molecular complexity index is 1080. The molecule has 2 atom stereocenters. The number of nitrogens with zero attached hydrogens (tertiary/aromatic N) is 3. The minimum atomic E-state index is -4.43. The first-order chi connectivity index (χ1) is 17.7. The van der Waals surface area contributed by atoms with Gasteiger partial charge in [-0.1, -0.05) is 78.5 Å². The van der Waals surface area contributed by atoms with Gasteiger partial charge in [0, 0.05) is 4.91 Å². The first-order valence-corrected chi connectivity index (χ1v) is 15.4. The molecule has 0 saturated carbocycles. The van der Waals surface area contributed by atoms with E-state index in [0.717, 1.165) is 53.7 Å². The van der Waals surface area contributed by atoms with Crippen LogP contribution >= 0.6 is 23.5 Å². The molecule has 1 heterocycles. The van der Waals surface area contributed by atoms with Crippen LogP contribution in [-0.2, 0) is 35.1 Å². The molecule has 0 radical (unpaired) electrons. The maximum Gasteiger partial charge on any atom is 0.416 e. The fourth-order valence-electron chi connectivity index (χ4n) is 4.47. The van der Waals surface area contributed by atoms with E-state index in [4.69, 9.17) is 4.78 Å². The summed E-state index contributed by atoms with van der Waals surface area (Å²) in [7, 11) is 0. The molecule has 4 nitrogen and oxygen atoms in total. The van der Waals surface area contributed by atoms with E-state index in [0.29, 0.717) is 54.7 Å². The van der Waals surface area contributed by atoms with Crippen LogP contribution in [0.1, 0.15) is 101 Å². The Morgan fingerprint density at radius 2 is 1.92 bits per heavy atom. The Labute approximate surface area is 231 Å². The summed E-state index contributed by atoms with van der Waals surface area (Å²) in [5.74, 6) is 0.244. The van der Waals surface area contributed by atoms with Gasteiger partial charge in [-0.05, 0) is 48.8 Å². The average molecular weight is 573 g/mol. The largest absolute Gasteiger partial charge is 0.416 e. The minimum absolute atomic E-state index is 0.244. The van der Waals surface area contributed by atoms with Crippen LogP contribution in [0.25, 0.3) is 4.91 Å². The van der Waals surface area contributed by atoms with Crippen molar-refractivity contribution in [2.45, 2.75) is 96.9 Å². The second-order valence-corrected chi connectivity index (χ2v) is 11.6. The van der Waals surface area contributed by atoms with E-state index in [1.54, 1.807) is 6.07 Å². The number of hydrogen-bond donors (Lipinski definition) is 1. The third-order valence-electron chi connectivity index (χ3n) is 6.73. The van der Waals surface area contributed by atoms with Crippen LogP contribution in [0.15, 0.2) is 28.6 Å². The first kappa shape index (κ1) is 31.7. The number of thioether (sulfide) groups is 1. The zero-order chi connectivity index (χ0) is 27.5. The topological polar surface area (TPSA) is 62.0 Å². The van der Waals surface area contributed by atoms with E-state index < -0.39 is 16.5 Å². The molecule has 0 aliphatic heterocycles. The van der Waals surface area contributed by atoms with Gasteiger partial charge in [-0.25, -0.2) is 9.14 Å². The lowest BCUT2D eigenvalue weighted by Crippen LogP contribution is -2.27. The van der Waals surface area contributed by atoms with Crippen molar-refractivity contribution < 1.29 is 13.2 Å². The lowest BCUT2D eigenvalue weighted by molar-refractivity contribution is -0.138. The summed E-state index contributed by atoms with van der Waals surface area (Å²) >= 11 is 3.31. The highest BCUT2D eigenvalue weighted by atomic mass is 32.2. The Morgan fingerprint density at radius 3 is 2.49 bits per heavy atom. The van der Waals surface area contributed by atoms with Crippen molar-refractivity contribution in [2.24, 2.45) is 10.3 Å². The molecule has 1 aromatic carbocycles. The maximum absolute atomic E-state index is 14.3. The van der Waals surface area contributed by atoms with Gasteiger partial charge in [0.15, 0.2) is 0 Å². The molecule has 2 aromatic rings. The summed E-state index contributed by atoms with van der Waals surface area (Å²) in [4.78, 5) is 0.777. The van der Waals surface area contributed by atoms with Crippen LogP contribution < -0.4 is 0 Å². The SMILES string of the molecule is CC/C=C(\SC(CC)(CN=S=N)c1nsnc1CC)c1ccc(CC(CC)CCCC)c(C(F)(F)F)c1. The highest BCUT2D eigenvalue weighted by molar-refractivity contribution is 8.09. The number of unbranched alkanes of at least 4 members (excludes halogenated alkanes) is 1. The Hall–Kier alpha value is -1.52. The quantitative estimate of drug-likeness (QED) is 0.231. The normalized spacial score (nSPS) is 14.9. The van der Waals surface area contributed by atoms with Crippen molar-refractivity contribution in [2.75, 3.05) is 6.54 Å². The van der Waals surface area contributed by atoms with Crippen LogP contribution in [0.2, 0.25) is 0 Å². The zero-order valence-electron chi connectivity index (χ0n) is 22.5. The van der Waals surface area contributed by atoms with E-state index >= 15 is 0 Å². The Balaban J connectivity index is 2.57. The number of halogens is 3. The molecule has 2 unspecified atom stereocenters. The van der Waals surface area contributed by atoms with Crippen LogP contribution in [0.4, 0.5) is 13.2 Å². The molecular formula is C27H39F3N4S3. The van der Waals surface area contributed by atoms with Crippen LogP contribution in [0.5, 0.6) is 0 Å². The summed E-state index contributed by atoms with van der Waals surface area (Å²) < 4.78 is 63.1. The third kappa shape index (κ3) is 8.48. The molecule has 0 aliphatic rings. The van der Waals surface area contributed by atoms with Crippen molar-refractivity contribution in [3.8, 4) is 0 Å². The van der Waals surface area contributed by atoms with Gasteiger partial charge < -0.3 is 0 Å². The second-order valence-electron chi connectivity index (χ2n) is 9.21. The number of benzene rings is 1. The lowest BCUT2D eigenvalue weighted by atomic mass is 9.89. The molecule has 1 aromatic heterocycles. The number of hydrogen-bond acceptors (Lipinski definition) is 6. The molecule has 0 amide bonds. The molecule has 37 heavy (non-hydrogen) atoms. The maximum atomic E-state index is 14.3. The fraction of sp³-hybridized carbons (Fsp3) is 0.630. The van der Waals surface area contributed by atoms with Gasteiger partial charge >= 0.3 is 6.18 Å². The molecule has 0 aliphatic carbocycles. The van der Waals surface area contributed by atoms with E-state index in [9.17, 15) is 13.2 Å². The predicted molar refractivity (Wildman–Crippen MR) is 153 cm³/mol. The third-order valence-corrected chi connectivity index (χ3v) is 9.17. The van der Waals surface area contributed by atoms with Gasteiger partial charge in [0.25, 0.3) is 0 Å². The molecule has 0 bridgehead atoms. The lowest BCUT2D eigenvalue weighted by Gasteiger charge is -2.30. The van der Waals surface area contributed by atoms with Crippen molar-refractivity contribution in [3.05, 3.63) is 52.4 Å². The average Bonchev–Trinajstić information content (AvgIpc) is 3.37. The number of nitrogens with one attached hydrogen (secondary N) is 1. The minimum Gasteiger partial charge on any atom is -0.229 e. The van der Waals surface area contributed by atoms with Gasteiger partial charge in [0.05, 0.1) is 51.3 Å². The van der Waals surface area contributed by atoms with Crippen LogP contribution in [-0.4, -0.2) is 15.3 Å². The second kappa shape index (κ2) is 15.2. The van der Waals surface area contributed by atoms with Gasteiger partial charge in [-0.15, -0.1) is 11.8 Å². The Morgan fingerprint density at radius 1 is 1.16 bits per heavy atom. The smallest absolute Gasteiger partial charge is 0.229 e. The fourth-order valence-corrected chi connectivity index (χ4v) is 7.06. The number of aryl methyl sites for hydroxylation is 1. The van der Waals surface area contributed by atoms with Gasteiger partial charge in [0.2, 0.25) is 0 Å². The van der Waals surface area contributed by atoms with E-state index in [2.05, 4.69) is 27.0 Å². The zero-order valence-corrected chi connectivity index (χ0v) is 24.9. The molecule has 2 rings (SSSR count). The molecule has 0 fully saturated rings. The van der Waals surface area contributed by atoms with E-state index in [1.807, 2.05) is 32.9 Å². The first-order valence-electron chi connectivity index (χ1n) is 13.1. The monoisotopic (exact) mass is 572 g/mol. The summed E-state index contributed by atoms with van der Waals surface area (Å²) in [6.45, 7) is 10.5. The van der Waals surface area contributed by atoms with Crippen LogP contribution in [0, 0.1) is 10.7 Å². The molecule has 0 saturated heterocycles.